The molecule has 2 N–H and O–H groups in total. The lowest BCUT2D eigenvalue weighted by molar-refractivity contribution is 0.308. The normalized spacial score (nSPS) is 16.7. The Morgan fingerprint density at radius 3 is 2.36 bits per heavy atom. The number of nitrogens with zero attached hydrogens (tertiary/aromatic N) is 3. The fourth-order valence-corrected chi connectivity index (χ4v) is 3.35. The van der Waals surface area contributed by atoms with Crippen molar-refractivity contribution < 1.29 is 9.47 Å². The second kappa shape index (κ2) is 12.9. The van der Waals surface area contributed by atoms with Gasteiger partial charge >= 0.3 is 0 Å². The van der Waals surface area contributed by atoms with Crippen LogP contribution in [0.4, 0.5) is 5.69 Å². The third kappa shape index (κ3) is 7.20. The molecule has 1 aromatic rings. The van der Waals surface area contributed by atoms with Crippen LogP contribution in [0.3, 0.4) is 0 Å². The van der Waals surface area contributed by atoms with E-state index in [1.807, 2.05) is 13.1 Å². The summed E-state index contributed by atoms with van der Waals surface area (Å²) in [6, 6.07) is 6.38. The second-order valence-corrected chi connectivity index (χ2v) is 6.67. The summed E-state index contributed by atoms with van der Waals surface area (Å²) >= 11 is 0. The summed E-state index contributed by atoms with van der Waals surface area (Å²) in [5.41, 5.74) is 1.12. The van der Waals surface area contributed by atoms with Crippen molar-refractivity contribution in [2.75, 3.05) is 65.4 Å². The zero-order chi connectivity index (χ0) is 19.6. The first kappa shape index (κ1) is 24.6. The van der Waals surface area contributed by atoms with E-state index in [2.05, 4.69) is 51.4 Å². The summed E-state index contributed by atoms with van der Waals surface area (Å²) in [6.45, 7) is 10.4. The van der Waals surface area contributed by atoms with Crippen LogP contribution in [0.2, 0.25) is 0 Å². The standard InChI is InChI=1S/C20H35N5O2.HI/c1-6-24(7-2)11-9-22-20(21-3)23-16-8-10-25(15-16)17-12-18(26-4)14-19(13-17)27-5;/h12-14,16H,6-11,15H2,1-5H3,(H2,21,22,23);1H. The lowest BCUT2D eigenvalue weighted by Gasteiger charge is -2.22. The maximum Gasteiger partial charge on any atom is 0.191 e. The number of ether oxygens (including phenoxy) is 2. The van der Waals surface area contributed by atoms with Crippen LogP contribution < -0.4 is 25.0 Å². The highest BCUT2D eigenvalue weighted by molar-refractivity contribution is 14.0. The van der Waals surface area contributed by atoms with Gasteiger partial charge in [0.1, 0.15) is 11.5 Å². The van der Waals surface area contributed by atoms with Crippen LogP contribution in [-0.2, 0) is 0 Å². The van der Waals surface area contributed by atoms with Gasteiger partial charge in [0.25, 0.3) is 0 Å². The van der Waals surface area contributed by atoms with E-state index >= 15 is 0 Å². The van der Waals surface area contributed by atoms with Gasteiger partial charge in [-0.05, 0) is 19.5 Å². The Morgan fingerprint density at radius 1 is 1.18 bits per heavy atom. The van der Waals surface area contributed by atoms with Crippen LogP contribution in [0.1, 0.15) is 20.3 Å². The summed E-state index contributed by atoms with van der Waals surface area (Å²) in [7, 11) is 5.19. The van der Waals surface area contributed by atoms with Crippen molar-refractivity contribution in [3.63, 3.8) is 0 Å². The largest absolute Gasteiger partial charge is 0.497 e. The van der Waals surface area contributed by atoms with Gasteiger partial charge in [0, 0.05) is 63.2 Å². The van der Waals surface area contributed by atoms with E-state index in [1.165, 1.54) is 0 Å². The minimum Gasteiger partial charge on any atom is -0.497 e. The predicted octanol–water partition coefficient (Wildman–Crippen LogP) is 2.41. The van der Waals surface area contributed by atoms with Gasteiger partial charge in [-0.2, -0.15) is 0 Å². The number of rotatable bonds is 9. The molecule has 1 aliphatic rings. The zero-order valence-corrected chi connectivity index (χ0v) is 20.2. The average Bonchev–Trinajstić information content (AvgIpc) is 3.18. The summed E-state index contributed by atoms with van der Waals surface area (Å²) in [6.07, 6.45) is 1.07. The van der Waals surface area contributed by atoms with Gasteiger partial charge in [0.05, 0.1) is 14.2 Å². The van der Waals surface area contributed by atoms with Crippen molar-refractivity contribution in [1.82, 2.24) is 15.5 Å². The van der Waals surface area contributed by atoms with Gasteiger partial charge in [-0.15, -0.1) is 24.0 Å². The molecule has 0 amide bonds. The minimum absolute atomic E-state index is 0. The van der Waals surface area contributed by atoms with Gasteiger partial charge in [-0.3, -0.25) is 4.99 Å². The quantitative estimate of drug-likeness (QED) is 0.306. The van der Waals surface area contributed by atoms with E-state index in [0.29, 0.717) is 6.04 Å². The number of halogens is 1. The predicted molar refractivity (Wildman–Crippen MR) is 128 cm³/mol. The van der Waals surface area contributed by atoms with Gasteiger partial charge in [0.2, 0.25) is 0 Å². The monoisotopic (exact) mass is 505 g/mol. The number of hydrogen-bond donors (Lipinski definition) is 2. The molecular weight excluding hydrogens is 469 g/mol. The maximum atomic E-state index is 5.39. The number of methoxy groups -OCH3 is 2. The van der Waals surface area contributed by atoms with Crippen molar-refractivity contribution in [1.29, 1.82) is 0 Å². The Bertz CT molecular complexity index is 588. The molecular formula is C20H36IN5O2. The van der Waals surface area contributed by atoms with E-state index in [0.717, 1.165) is 68.8 Å². The Kier molecular flexibility index (Phi) is 11.4. The first-order chi connectivity index (χ1) is 13.1. The molecule has 160 valence electrons. The van der Waals surface area contributed by atoms with Crippen molar-refractivity contribution in [2.24, 2.45) is 4.99 Å². The SMILES string of the molecule is CCN(CC)CCNC(=NC)NC1CCN(c2cc(OC)cc(OC)c2)C1.I. The molecule has 1 unspecified atom stereocenters. The van der Waals surface area contributed by atoms with Gasteiger partial charge < -0.3 is 29.9 Å². The molecule has 0 spiro atoms. The Balaban J connectivity index is 0.00000392. The van der Waals surface area contributed by atoms with Crippen LogP contribution in [0.25, 0.3) is 0 Å². The number of likely N-dealkylation sites (N-methyl/N-ethyl adjacent to an activating group) is 1. The second-order valence-electron chi connectivity index (χ2n) is 6.67. The highest BCUT2D eigenvalue weighted by atomic mass is 127. The van der Waals surface area contributed by atoms with Gasteiger partial charge in [0.15, 0.2) is 5.96 Å². The number of anilines is 1. The minimum atomic E-state index is 0. The molecule has 1 aliphatic heterocycles. The van der Waals surface area contributed by atoms with Crippen molar-refractivity contribution in [3.8, 4) is 11.5 Å². The molecule has 1 aromatic carbocycles. The molecule has 1 saturated heterocycles. The molecule has 0 aromatic heterocycles. The molecule has 1 atom stereocenters. The van der Waals surface area contributed by atoms with Crippen LogP contribution in [0.15, 0.2) is 23.2 Å². The van der Waals surface area contributed by atoms with Crippen molar-refractivity contribution >= 4 is 35.6 Å². The molecule has 7 nitrogen and oxygen atoms in total. The topological polar surface area (TPSA) is 61.4 Å². The molecule has 0 radical (unpaired) electrons. The molecule has 28 heavy (non-hydrogen) atoms. The van der Waals surface area contributed by atoms with E-state index in [-0.39, 0.29) is 24.0 Å². The summed E-state index contributed by atoms with van der Waals surface area (Å²) in [4.78, 5) is 9.12. The molecule has 0 aliphatic carbocycles. The molecule has 2 rings (SSSR count). The van der Waals surface area contributed by atoms with Gasteiger partial charge in [-0.25, -0.2) is 0 Å². The number of aliphatic imine (C=N–C) groups is 1. The van der Waals surface area contributed by atoms with E-state index in [1.54, 1.807) is 14.2 Å². The molecule has 0 bridgehead atoms. The lowest BCUT2D eigenvalue weighted by atomic mass is 10.2. The van der Waals surface area contributed by atoms with Crippen molar-refractivity contribution in [2.45, 2.75) is 26.3 Å². The van der Waals surface area contributed by atoms with E-state index in [4.69, 9.17) is 9.47 Å². The Labute approximate surface area is 186 Å². The fourth-order valence-electron chi connectivity index (χ4n) is 3.35. The van der Waals surface area contributed by atoms with E-state index in [9.17, 15) is 0 Å². The van der Waals surface area contributed by atoms with Crippen LogP contribution in [0, 0.1) is 0 Å². The van der Waals surface area contributed by atoms with Crippen molar-refractivity contribution in [3.05, 3.63) is 18.2 Å². The number of hydrogen-bond acceptors (Lipinski definition) is 5. The van der Waals surface area contributed by atoms with Gasteiger partial charge in [-0.1, -0.05) is 13.8 Å². The van der Waals surface area contributed by atoms with Crippen LogP contribution in [-0.4, -0.2) is 77.4 Å². The van der Waals surface area contributed by atoms with Crippen LogP contribution >= 0.6 is 24.0 Å². The number of guanidine groups is 1. The van der Waals surface area contributed by atoms with Crippen LogP contribution in [0.5, 0.6) is 11.5 Å². The number of benzene rings is 1. The molecule has 1 fully saturated rings. The highest BCUT2D eigenvalue weighted by Crippen LogP contribution is 2.30. The first-order valence-corrected chi connectivity index (χ1v) is 9.81. The summed E-state index contributed by atoms with van der Waals surface area (Å²) < 4.78 is 10.8. The molecule has 1 heterocycles. The highest BCUT2D eigenvalue weighted by Gasteiger charge is 2.24. The smallest absolute Gasteiger partial charge is 0.191 e. The molecule has 8 heteroatoms. The fraction of sp³-hybridized carbons (Fsp3) is 0.650. The third-order valence-electron chi connectivity index (χ3n) is 5.07. The van der Waals surface area contributed by atoms with E-state index < -0.39 is 0 Å². The third-order valence-corrected chi connectivity index (χ3v) is 5.07. The summed E-state index contributed by atoms with van der Waals surface area (Å²) in [5, 5.41) is 6.97. The number of nitrogens with one attached hydrogen (secondary N) is 2. The average molecular weight is 505 g/mol. The Hall–Kier alpha value is -1.42. The Morgan fingerprint density at radius 2 is 1.82 bits per heavy atom. The lowest BCUT2D eigenvalue weighted by Crippen LogP contribution is -2.46. The first-order valence-electron chi connectivity index (χ1n) is 9.81. The molecule has 0 saturated carbocycles. The zero-order valence-electron chi connectivity index (χ0n) is 17.8. The maximum absolute atomic E-state index is 5.39. The summed E-state index contributed by atoms with van der Waals surface area (Å²) in [5.74, 6) is 2.50.